The summed E-state index contributed by atoms with van der Waals surface area (Å²) in [4.78, 5) is 12.6. The molecule has 140 valence electrons. The smallest absolute Gasteiger partial charge is 0.264 e. The molecule has 1 N–H and O–H groups in total. The van der Waals surface area contributed by atoms with Crippen LogP contribution in [0.25, 0.3) is 0 Å². The van der Waals surface area contributed by atoms with Crippen molar-refractivity contribution in [2.75, 3.05) is 24.6 Å². The number of carbonyl (C=O) groups excluding carboxylic acids is 1. The fourth-order valence-electron chi connectivity index (χ4n) is 2.61. The number of aryl methyl sites for hydroxylation is 1. The van der Waals surface area contributed by atoms with Gasteiger partial charge in [-0.15, -0.1) is 0 Å². The van der Waals surface area contributed by atoms with Gasteiger partial charge in [-0.3, -0.25) is 9.10 Å². The van der Waals surface area contributed by atoms with Gasteiger partial charge in [0.1, 0.15) is 6.54 Å². The minimum absolute atomic E-state index is 0.140. The highest BCUT2D eigenvalue weighted by Gasteiger charge is 2.28. The van der Waals surface area contributed by atoms with E-state index in [1.807, 2.05) is 19.1 Å². The number of nitrogens with zero attached hydrogens (tertiary/aromatic N) is 1. The van der Waals surface area contributed by atoms with Crippen LogP contribution in [0.5, 0.6) is 0 Å². The zero-order valence-electron chi connectivity index (χ0n) is 15.2. The number of sulfonamides is 1. The van der Waals surface area contributed by atoms with Crippen LogP contribution in [0.4, 0.5) is 5.69 Å². The lowest BCUT2D eigenvalue weighted by Crippen LogP contribution is -2.44. The Hall–Kier alpha value is -2.38. The quantitative estimate of drug-likeness (QED) is 0.767. The molecule has 1 amide bonds. The summed E-state index contributed by atoms with van der Waals surface area (Å²) in [6.45, 7) is 3.65. The van der Waals surface area contributed by atoms with Crippen LogP contribution in [0.1, 0.15) is 12.5 Å². The molecule has 0 saturated heterocycles. The standard InChI is InChI=1S/C19H24N2O4S/c1-15-9-7-8-12-18(15)21(13-19(22)20-16(2)14-25-3)26(23,24)17-10-5-4-6-11-17/h4-12,16H,13-14H2,1-3H3,(H,20,22)/t16-/m1/s1. The minimum Gasteiger partial charge on any atom is -0.383 e. The predicted molar refractivity (Wildman–Crippen MR) is 102 cm³/mol. The molecule has 7 heteroatoms. The highest BCUT2D eigenvalue weighted by molar-refractivity contribution is 7.92. The van der Waals surface area contributed by atoms with Crippen molar-refractivity contribution in [1.82, 2.24) is 5.32 Å². The molecule has 2 rings (SSSR count). The van der Waals surface area contributed by atoms with E-state index in [1.165, 1.54) is 12.1 Å². The van der Waals surface area contributed by atoms with E-state index >= 15 is 0 Å². The fraction of sp³-hybridized carbons (Fsp3) is 0.316. The lowest BCUT2D eigenvalue weighted by Gasteiger charge is -2.26. The molecule has 0 aliphatic carbocycles. The number of methoxy groups -OCH3 is 1. The Kier molecular flexibility index (Phi) is 6.76. The summed E-state index contributed by atoms with van der Waals surface area (Å²) in [6.07, 6.45) is 0. The molecule has 0 unspecified atom stereocenters. The van der Waals surface area contributed by atoms with Gasteiger partial charge in [0.05, 0.1) is 17.2 Å². The summed E-state index contributed by atoms with van der Waals surface area (Å²) >= 11 is 0. The highest BCUT2D eigenvalue weighted by atomic mass is 32.2. The Bertz CT molecular complexity index is 838. The predicted octanol–water partition coefficient (Wildman–Crippen LogP) is 2.34. The summed E-state index contributed by atoms with van der Waals surface area (Å²) in [5, 5.41) is 2.75. The van der Waals surface area contributed by atoms with Gasteiger partial charge in [-0.05, 0) is 37.6 Å². The van der Waals surface area contributed by atoms with Gasteiger partial charge in [0.2, 0.25) is 5.91 Å². The molecular formula is C19H24N2O4S. The number of benzene rings is 2. The zero-order chi connectivity index (χ0) is 19.2. The molecule has 0 heterocycles. The van der Waals surface area contributed by atoms with Gasteiger partial charge < -0.3 is 10.1 Å². The average molecular weight is 376 g/mol. The topological polar surface area (TPSA) is 75.7 Å². The largest absolute Gasteiger partial charge is 0.383 e. The number of ether oxygens (including phenoxy) is 1. The Morgan fingerprint density at radius 1 is 1.12 bits per heavy atom. The molecule has 2 aromatic carbocycles. The Morgan fingerprint density at radius 2 is 1.73 bits per heavy atom. The first-order chi connectivity index (χ1) is 12.4. The van der Waals surface area contributed by atoms with Crippen LogP contribution in [0.15, 0.2) is 59.5 Å². The summed E-state index contributed by atoms with van der Waals surface area (Å²) < 4.78 is 32.5. The van der Waals surface area contributed by atoms with E-state index in [-0.39, 0.29) is 17.5 Å². The molecule has 0 aromatic heterocycles. The second-order valence-corrected chi connectivity index (χ2v) is 7.90. The third-order valence-electron chi connectivity index (χ3n) is 3.83. The van der Waals surface area contributed by atoms with Crippen molar-refractivity contribution in [2.45, 2.75) is 24.8 Å². The maximum Gasteiger partial charge on any atom is 0.264 e. The van der Waals surface area contributed by atoms with Crippen molar-refractivity contribution in [3.05, 3.63) is 60.2 Å². The Balaban J connectivity index is 2.38. The van der Waals surface area contributed by atoms with Crippen molar-refractivity contribution in [1.29, 1.82) is 0 Å². The monoisotopic (exact) mass is 376 g/mol. The molecule has 6 nitrogen and oxygen atoms in total. The summed E-state index contributed by atoms with van der Waals surface area (Å²) in [6, 6.07) is 15.0. The third-order valence-corrected chi connectivity index (χ3v) is 5.60. The van der Waals surface area contributed by atoms with Crippen LogP contribution in [-0.2, 0) is 19.6 Å². The second kappa shape index (κ2) is 8.82. The summed E-state index contributed by atoms with van der Waals surface area (Å²) in [5.41, 5.74) is 1.25. The van der Waals surface area contributed by atoms with Crippen LogP contribution < -0.4 is 9.62 Å². The molecule has 2 aromatic rings. The molecule has 1 atom stereocenters. The van der Waals surface area contributed by atoms with Crippen molar-refractivity contribution in [3.8, 4) is 0 Å². The van der Waals surface area contributed by atoms with E-state index in [0.717, 1.165) is 9.87 Å². The average Bonchev–Trinajstić information content (AvgIpc) is 2.61. The maximum absolute atomic E-state index is 13.2. The zero-order valence-corrected chi connectivity index (χ0v) is 16.0. The number of nitrogens with one attached hydrogen (secondary N) is 1. The minimum atomic E-state index is -3.88. The first kappa shape index (κ1) is 19.9. The van der Waals surface area contributed by atoms with Crippen molar-refractivity contribution in [3.63, 3.8) is 0 Å². The van der Waals surface area contributed by atoms with Gasteiger partial charge in [-0.25, -0.2) is 8.42 Å². The lowest BCUT2D eigenvalue weighted by atomic mass is 10.2. The number of hydrogen-bond acceptors (Lipinski definition) is 4. The van der Waals surface area contributed by atoms with E-state index in [1.54, 1.807) is 44.4 Å². The maximum atomic E-state index is 13.2. The van der Waals surface area contributed by atoms with Gasteiger partial charge >= 0.3 is 0 Å². The van der Waals surface area contributed by atoms with E-state index in [4.69, 9.17) is 4.74 Å². The second-order valence-electron chi connectivity index (χ2n) is 6.04. The fourth-order valence-corrected chi connectivity index (χ4v) is 4.11. The molecular weight excluding hydrogens is 352 g/mol. The number of para-hydroxylation sites is 1. The van der Waals surface area contributed by atoms with Gasteiger partial charge in [0.15, 0.2) is 0 Å². The number of amides is 1. The highest BCUT2D eigenvalue weighted by Crippen LogP contribution is 2.26. The van der Waals surface area contributed by atoms with Crippen molar-refractivity contribution in [2.24, 2.45) is 0 Å². The number of rotatable bonds is 8. The van der Waals surface area contributed by atoms with Crippen molar-refractivity contribution < 1.29 is 17.9 Å². The van der Waals surface area contributed by atoms with Gasteiger partial charge in [0, 0.05) is 13.2 Å². The number of hydrogen-bond donors (Lipinski definition) is 1. The normalized spacial score (nSPS) is 12.4. The van der Waals surface area contributed by atoms with Crippen LogP contribution in [0.3, 0.4) is 0 Å². The van der Waals surface area contributed by atoms with Crippen LogP contribution in [0.2, 0.25) is 0 Å². The Labute approximate surface area is 154 Å². The van der Waals surface area contributed by atoms with Crippen LogP contribution >= 0.6 is 0 Å². The van der Waals surface area contributed by atoms with E-state index in [2.05, 4.69) is 5.32 Å². The molecule has 0 radical (unpaired) electrons. The van der Waals surface area contributed by atoms with Crippen LogP contribution in [0, 0.1) is 6.92 Å². The molecule has 0 aliphatic rings. The van der Waals surface area contributed by atoms with E-state index in [0.29, 0.717) is 12.3 Å². The lowest BCUT2D eigenvalue weighted by molar-refractivity contribution is -0.120. The molecule has 26 heavy (non-hydrogen) atoms. The molecule has 0 spiro atoms. The number of anilines is 1. The first-order valence-corrected chi connectivity index (χ1v) is 9.72. The van der Waals surface area contributed by atoms with Gasteiger partial charge in [-0.1, -0.05) is 36.4 Å². The number of carbonyl (C=O) groups is 1. The van der Waals surface area contributed by atoms with Gasteiger partial charge in [0.25, 0.3) is 10.0 Å². The van der Waals surface area contributed by atoms with Crippen molar-refractivity contribution >= 4 is 21.6 Å². The third kappa shape index (κ3) is 4.83. The van der Waals surface area contributed by atoms with Crippen LogP contribution in [-0.4, -0.2) is 40.6 Å². The molecule has 0 fully saturated rings. The summed E-state index contributed by atoms with van der Waals surface area (Å²) in [5.74, 6) is -0.391. The van der Waals surface area contributed by atoms with E-state index in [9.17, 15) is 13.2 Å². The molecule has 0 bridgehead atoms. The van der Waals surface area contributed by atoms with Gasteiger partial charge in [-0.2, -0.15) is 0 Å². The summed E-state index contributed by atoms with van der Waals surface area (Å²) in [7, 11) is -2.33. The first-order valence-electron chi connectivity index (χ1n) is 8.28. The SMILES string of the molecule is COC[C@@H](C)NC(=O)CN(c1ccccc1C)S(=O)(=O)c1ccccc1. The van der Waals surface area contributed by atoms with E-state index < -0.39 is 15.9 Å². The molecule has 0 saturated carbocycles. The molecule has 0 aliphatic heterocycles. The Morgan fingerprint density at radius 3 is 2.35 bits per heavy atom.